The zero-order chi connectivity index (χ0) is 15.6. The minimum absolute atomic E-state index is 0.634. The first kappa shape index (κ1) is 14.2. The molecule has 0 N–H and O–H groups in total. The van der Waals surface area contributed by atoms with Crippen LogP contribution in [0.1, 0.15) is 26.2 Å². The monoisotopic (exact) mass is 307 g/mol. The summed E-state index contributed by atoms with van der Waals surface area (Å²) in [6.07, 6.45) is 5.69. The molecule has 23 heavy (non-hydrogen) atoms. The minimum Gasteiger partial charge on any atom is -0.436 e. The van der Waals surface area contributed by atoms with Gasteiger partial charge in [0.1, 0.15) is 11.3 Å². The lowest BCUT2D eigenvalue weighted by molar-refractivity contribution is 0.394. The molecule has 2 aromatic heterocycles. The summed E-state index contributed by atoms with van der Waals surface area (Å²) in [4.78, 5) is 11.5. The van der Waals surface area contributed by atoms with Crippen LogP contribution in [0.2, 0.25) is 0 Å². The Kier molecular flexibility index (Phi) is 3.74. The highest BCUT2D eigenvalue weighted by Gasteiger charge is 2.19. The van der Waals surface area contributed by atoms with E-state index in [1.165, 1.54) is 19.3 Å². The molecule has 0 unspecified atom stereocenters. The van der Waals surface area contributed by atoms with Crippen molar-refractivity contribution >= 4 is 16.9 Å². The Balaban J connectivity index is 1.54. The number of para-hydroxylation sites is 2. The molecule has 1 aliphatic rings. The van der Waals surface area contributed by atoms with Gasteiger partial charge in [0.05, 0.1) is 5.56 Å². The summed E-state index contributed by atoms with van der Waals surface area (Å²) in [7, 11) is 0. The van der Waals surface area contributed by atoms with Crippen LogP contribution in [-0.4, -0.2) is 23.1 Å². The number of anilines is 1. The van der Waals surface area contributed by atoms with Crippen LogP contribution in [-0.2, 0) is 0 Å². The highest BCUT2D eigenvalue weighted by molar-refractivity contribution is 5.75. The molecule has 1 aromatic carbocycles. The van der Waals surface area contributed by atoms with Gasteiger partial charge in [-0.1, -0.05) is 25.5 Å². The molecule has 0 amide bonds. The van der Waals surface area contributed by atoms with Gasteiger partial charge in [0.2, 0.25) is 5.89 Å². The SMILES string of the molecule is CCC1CCN(c2ccc(-c3nc4ccccc4o3)cn2)CC1. The second-order valence-electron chi connectivity index (χ2n) is 6.23. The molecule has 3 heterocycles. The van der Waals surface area contributed by atoms with Crippen molar-refractivity contribution in [3.8, 4) is 11.5 Å². The van der Waals surface area contributed by atoms with Crippen molar-refractivity contribution < 1.29 is 4.42 Å². The Morgan fingerprint density at radius 3 is 2.65 bits per heavy atom. The second-order valence-corrected chi connectivity index (χ2v) is 6.23. The summed E-state index contributed by atoms with van der Waals surface area (Å²) in [5.41, 5.74) is 2.62. The highest BCUT2D eigenvalue weighted by atomic mass is 16.3. The summed E-state index contributed by atoms with van der Waals surface area (Å²) in [5.74, 6) is 2.57. The van der Waals surface area contributed by atoms with Crippen LogP contribution in [0.4, 0.5) is 5.82 Å². The highest BCUT2D eigenvalue weighted by Crippen LogP contribution is 2.27. The number of nitrogens with zero attached hydrogens (tertiary/aromatic N) is 3. The maximum atomic E-state index is 5.80. The van der Waals surface area contributed by atoms with Gasteiger partial charge in [-0.05, 0) is 43.0 Å². The molecule has 1 saturated heterocycles. The molecule has 4 nitrogen and oxygen atoms in total. The zero-order valence-corrected chi connectivity index (χ0v) is 13.4. The molecule has 0 bridgehead atoms. The van der Waals surface area contributed by atoms with E-state index in [0.717, 1.165) is 41.5 Å². The van der Waals surface area contributed by atoms with E-state index < -0.39 is 0 Å². The summed E-state index contributed by atoms with van der Waals surface area (Å²) in [6.45, 7) is 4.50. The van der Waals surface area contributed by atoms with E-state index >= 15 is 0 Å². The summed E-state index contributed by atoms with van der Waals surface area (Å²) >= 11 is 0. The molecule has 0 atom stereocenters. The van der Waals surface area contributed by atoms with E-state index in [1.807, 2.05) is 30.5 Å². The summed E-state index contributed by atoms with van der Waals surface area (Å²) in [6, 6.07) is 12.0. The predicted molar refractivity (Wildman–Crippen MR) is 92.5 cm³/mol. The van der Waals surface area contributed by atoms with Gasteiger partial charge < -0.3 is 9.32 Å². The van der Waals surface area contributed by atoms with Crippen LogP contribution in [0.3, 0.4) is 0 Å². The Morgan fingerprint density at radius 2 is 1.96 bits per heavy atom. The predicted octanol–water partition coefficient (Wildman–Crippen LogP) is 4.52. The van der Waals surface area contributed by atoms with Crippen molar-refractivity contribution in [3.05, 3.63) is 42.6 Å². The minimum atomic E-state index is 0.634. The van der Waals surface area contributed by atoms with Crippen molar-refractivity contribution in [2.24, 2.45) is 5.92 Å². The van der Waals surface area contributed by atoms with Crippen LogP contribution >= 0.6 is 0 Å². The molecule has 4 rings (SSSR count). The molecule has 0 saturated carbocycles. The summed E-state index contributed by atoms with van der Waals surface area (Å²) < 4.78 is 5.80. The first-order chi connectivity index (χ1) is 11.3. The fraction of sp³-hybridized carbons (Fsp3) is 0.368. The number of hydrogen-bond acceptors (Lipinski definition) is 4. The lowest BCUT2D eigenvalue weighted by atomic mass is 9.94. The van der Waals surface area contributed by atoms with Gasteiger partial charge in [0.15, 0.2) is 5.58 Å². The molecule has 1 fully saturated rings. The van der Waals surface area contributed by atoms with Crippen LogP contribution in [0, 0.1) is 5.92 Å². The third-order valence-corrected chi connectivity index (χ3v) is 4.80. The molecule has 0 spiro atoms. The number of piperidine rings is 1. The number of rotatable bonds is 3. The fourth-order valence-electron chi connectivity index (χ4n) is 3.27. The van der Waals surface area contributed by atoms with Gasteiger partial charge in [0, 0.05) is 19.3 Å². The normalized spacial score (nSPS) is 16.1. The van der Waals surface area contributed by atoms with Crippen LogP contribution < -0.4 is 4.90 Å². The standard InChI is InChI=1S/C19H21N3O/c1-2-14-9-11-22(12-10-14)18-8-7-15(13-20-18)19-21-16-5-3-4-6-17(16)23-19/h3-8,13-14H,2,9-12H2,1H3. The molecule has 4 heteroatoms. The molecule has 0 radical (unpaired) electrons. The smallest absolute Gasteiger partial charge is 0.228 e. The first-order valence-corrected chi connectivity index (χ1v) is 8.40. The van der Waals surface area contributed by atoms with E-state index in [4.69, 9.17) is 4.42 Å². The van der Waals surface area contributed by atoms with Crippen molar-refractivity contribution in [1.29, 1.82) is 0 Å². The van der Waals surface area contributed by atoms with E-state index in [2.05, 4.69) is 33.9 Å². The number of aromatic nitrogens is 2. The molecule has 1 aliphatic heterocycles. The average molecular weight is 307 g/mol. The van der Waals surface area contributed by atoms with E-state index in [1.54, 1.807) is 0 Å². The quantitative estimate of drug-likeness (QED) is 0.713. The van der Waals surface area contributed by atoms with Crippen molar-refractivity contribution in [2.45, 2.75) is 26.2 Å². The van der Waals surface area contributed by atoms with Gasteiger partial charge in [-0.15, -0.1) is 0 Å². The van der Waals surface area contributed by atoms with E-state index in [-0.39, 0.29) is 0 Å². The Hall–Kier alpha value is -2.36. The Bertz CT molecular complexity index is 753. The number of pyridine rings is 1. The zero-order valence-electron chi connectivity index (χ0n) is 13.4. The van der Waals surface area contributed by atoms with Crippen molar-refractivity contribution in [2.75, 3.05) is 18.0 Å². The number of hydrogen-bond donors (Lipinski definition) is 0. The van der Waals surface area contributed by atoms with Gasteiger partial charge in [-0.3, -0.25) is 0 Å². The van der Waals surface area contributed by atoms with Crippen molar-refractivity contribution in [3.63, 3.8) is 0 Å². The third-order valence-electron chi connectivity index (χ3n) is 4.80. The van der Waals surface area contributed by atoms with Gasteiger partial charge in [-0.25, -0.2) is 9.97 Å². The number of oxazole rings is 1. The van der Waals surface area contributed by atoms with Crippen LogP contribution in [0.5, 0.6) is 0 Å². The fourth-order valence-corrected chi connectivity index (χ4v) is 3.27. The van der Waals surface area contributed by atoms with E-state index in [0.29, 0.717) is 5.89 Å². The average Bonchev–Trinajstić information content (AvgIpc) is 3.06. The number of benzene rings is 1. The lowest BCUT2D eigenvalue weighted by Gasteiger charge is -2.32. The van der Waals surface area contributed by atoms with Gasteiger partial charge >= 0.3 is 0 Å². The second kappa shape index (κ2) is 6.03. The Labute approximate surface area is 136 Å². The Morgan fingerprint density at radius 1 is 1.13 bits per heavy atom. The van der Waals surface area contributed by atoms with Crippen molar-refractivity contribution in [1.82, 2.24) is 9.97 Å². The molecular weight excluding hydrogens is 286 g/mol. The molecule has 118 valence electrons. The van der Waals surface area contributed by atoms with Gasteiger partial charge in [0.25, 0.3) is 0 Å². The van der Waals surface area contributed by atoms with E-state index in [9.17, 15) is 0 Å². The number of fused-ring (bicyclic) bond motifs is 1. The largest absolute Gasteiger partial charge is 0.436 e. The topological polar surface area (TPSA) is 42.2 Å². The first-order valence-electron chi connectivity index (χ1n) is 8.40. The van der Waals surface area contributed by atoms with Crippen LogP contribution in [0.25, 0.3) is 22.6 Å². The maximum Gasteiger partial charge on any atom is 0.228 e. The molecule has 0 aliphatic carbocycles. The molecule has 3 aromatic rings. The van der Waals surface area contributed by atoms with Gasteiger partial charge in [-0.2, -0.15) is 0 Å². The third kappa shape index (κ3) is 2.81. The lowest BCUT2D eigenvalue weighted by Crippen LogP contribution is -2.33. The maximum absolute atomic E-state index is 5.80. The summed E-state index contributed by atoms with van der Waals surface area (Å²) in [5, 5.41) is 0. The molecular formula is C19H21N3O. The van der Waals surface area contributed by atoms with Crippen LogP contribution in [0.15, 0.2) is 47.0 Å².